The Morgan fingerprint density at radius 1 is 1.03 bits per heavy atom. The van der Waals surface area contributed by atoms with E-state index in [1.807, 2.05) is 13.8 Å². The minimum Gasteiger partial charge on any atom is -0.456 e. The SMILES string of the molecule is CC(C)[C@@H](NC(=O)C12CC3CC(CC(C3)C1)C2)C(=O)OCC(=O)c1ccc(Cl)cc1. The number of halogens is 1. The van der Waals surface area contributed by atoms with Crippen LogP contribution in [0.15, 0.2) is 24.3 Å². The largest absolute Gasteiger partial charge is 0.456 e. The predicted molar refractivity (Wildman–Crippen MR) is 114 cm³/mol. The topological polar surface area (TPSA) is 72.5 Å². The lowest BCUT2D eigenvalue weighted by Crippen LogP contribution is -2.57. The van der Waals surface area contributed by atoms with Crippen LogP contribution in [0.25, 0.3) is 0 Å². The molecular weight excluding hydrogens is 402 g/mol. The van der Waals surface area contributed by atoms with Gasteiger partial charge in [-0.25, -0.2) is 4.79 Å². The van der Waals surface area contributed by atoms with Gasteiger partial charge in [-0.05, 0) is 86.5 Å². The molecule has 0 unspecified atom stereocenters. The van der Waals surface area contributed by atoms with Crippen molar-refractivity contribution in [3.63, 3.8) is 0 Å². The summed E-state index contributed by atoms with van der Waals surface area (Å²) < 4.78 is 5.30. The normalized spacial score (nSPS) is 30.2. The molecule has 1 N–H and O–H groups in total. The number of amides is 1. The molecule has 0 saturated heterocycles. The van der Waals surface area contributed by atoms with Gasteiger partial charge in [-0.3, -0.25) is 9.59 Å². The van der Waals surface area contributed by atoms with Gasteiger partial charge in [-0.15, -0.1) is 0 Å². The number of carbonyl (C=O) groups excluding carboxylic acids is 3. The first-order valence-electron chi connectivity index (χ1n) is 11.0. The molecule has 0 aliphatic heterocycles. The molecule has 1 aromatic carbocycles. The zero-order chi connectivity index (χ0) is 21.5. The van der Waals surface area contributed by atoms with Crippen LogP contribution in [-0.4, -0.2) is 30.3 Å². The Bertz CT molecular complexity index is 797. The zero-order valence-electron chi connectivity index (χ0n) is 17.7. The van der Waals surface area contributed by atoms with Crippen molar-refractivity contribution in [2.75, 3.05) is 6.61 Å². The fourth-order valence-corrected chi connectivity index (χ4v) is 6.25. The lowest BCUT2D eigenvalue weighted by Gasteiger charge is -2.55. The summed E-state index contributed by atoms with van der Waals surface area (Å²) in [7, 11) is 0. The highest BCUT2D eigenvalue weighted by Crippen LogP contribution is 2.60. The van der Waals surface area contributed by atoms with E-state index in [4.69, 9.17) is 16.3 Å². The van der Waals surface area contributed by atoms with E-state index in [1.54, 1.807) is 24.3 Å². The van der Waals surface area contributed by atoms with Gasteiger partial charge in [0.25, 0.3) is 0 Å². The van der Waals surface area contributed by atoms with Gasteiger partial charge in [0, 0.05) is 16.0 Å². The van der Waals surface area contributed by atoms with E-state index in [0.717, 1.165) is 19.3 Å². The lowest BCUT2D eigenvalue weighted by molar-refractivity contribution is -0.154. The number of hydrogen-bond donors (Lipinski definition) is 1. The second kappa shape index (κ2) is 8.33. The van der Waals surface area contributed by atoms with Crippen molar-refractivity contribution in [1.29, 1.82) is 0 Å². The Morgan fingerprint density at radius 2 is 1.57 bits per heavy atom. The maximum Gasteiger partial charge on any atom is 0.329 e. The van der Waals surface area contributed by atoms with E-state index in [1.165, 1.54) is 19.3 Å². The molecule has 0 aromatic heterocycles. The molecule has 162 valence electrons. The number of hydrogen-bond acceptors (Lipinski definition) is 4. The fraction of sp³-hybridized carbons (Fsp3) is 0.625. The van der Waals surface area contributed by atoms with Crippen molar-refractivity contribution in [3.05, 3.63) is 34.9 Å². The van der Waals surface area contributed by atoms with E-state index >= 15 is 0 Å². The Kier molecular flexibility index (Phi) is 5.93. The molecule has 4 aliphatic carbocycles. The van der Waals surface area contributed by atoms with Crippen molar-refractivity contribution in [2.24, 2.45) is 29.1 Å². The highest BCUT2D eigenvalue weighted by atomic mass is 35.5. The third kappa shape index (κ3) is 4.27. The van der Waals surface area contributed by atoms with Gasteiger partial charge in [-0.1, -0.05) is 25.4 Å². The van der Waals surface area contributed by atoms with Crippen LogP contribution in [0.4, 0.5) is 0 Å². The van der Waals surface area contributed by atoms with Crippen LogP contribution in [-0.2, 0) is 14.3 Å². The summed E-state index contributed by atoms with van der Waals surface area (Å²) in [6, 6.07) is 5.71. The van der Waals surface area contributed by atoms with E-state index in [0.29, 0.717) is 28.3 Å². The number of Topliss-reactive ketones (excluding diaryl/α,β-unsaturated/α-hetero) is 1. The smallest absolute Gasteiger partial charge is 0.329 e. The highest BCUT2D eigenvalue weighted by molar-refractivity contribution is 6.30. The van der Waals surface area contributed by atoms with Gasteiger partial charge >= 0.3 is 5.97 Å². The molecule has 4 bridgehead atoms. The number of ether oxygens (including phenoxy) is 1. The molecule has 30 heavy (non-hydrogen) atoms. The van der Waals surface area contributed by atoms with Gasteiger partial charge in [0.1, 0.15) is 6.04 Å². The van der Waals surface area contributed by atoms with Crippen LogP contribution in [0.1, 0.15) is 62.7 Å². The van der Waals surface area contributed by atoms with Gasteiger partial charge in [0.15, 0.2) is 12.4 Å². The maximum atomic E-state index is 13.3. The summed E-state index contributed by atoms with van der Waals surface area (Å²) in [5, 5.41) is 3.54. The van der Waals surface area contributed by atoms with Crippen LogP contribution in [0.3, 0.4) is 0 Å². The highest BCUT2D eigenvalue weighted by Gasteiger charge is 2.55. The molecule has 1 aromatic rings. The average molecular weight is 432 g/mol. The summed E-state index contributed by atoms with van der Waals surface area (Å²) in [5.74, 6) is 0.998. The molecule has 5 nitrogen and oxygen atoms in total. The molecule has 1 atom stereocenters. The summed E-state index contributed by atoms with van der Waals surface area (Å²) >= 11 is 5.84. The maximum absolute atomic E-state index is 13.3. The second-order valence-electron chi connectivity index (χ2n) is 9.93. The zero-order valence-corrected chi connectivity index (χ0v) is 18.4. The van der Waals surface area contributed by atoms with Crippen LogP contribution < -0.4 is 5.32 Å². The first kappa shape index (κ1) is 21.4. The minimum absolute atomic E-state index is 0.00118. The lowest BCUT2D eigenvalue weighted by atomic mass is 9.49. The molecule has 0 spiro atoms. The fourth-order valence-electron chi connectivity index (χ4n) is 6.13. The third-order valence-electron chi connectivity index (χ3n) is 7.24. The van der Waals surface area contributed by atoms with Crippen molar-refractivity contribution in [3.8, 4) is 0 Å². The molecule has 4 saturated carbocycles. The first-order chi connectivity index (χ1) is 14.3. The number of esters is 1. The molecule has 0 heterocycles. The average Bonchev–Trinajstić information content (AvgIpc) is 2.69. The number of ketones is 1. The van der Waals surface area contributed by atoms with Crippen LogP contribution >= 0.6 is 11.6 Å². The molecule has 1 amide bonds. The summed E-state index contributed by atoms with van der Waals surface area (Å²) in [4.78, 5) is 38.3. The Balaban J connectivity index is 1.37. The number of benzene rings is 1. The van der Waals surface area contributed by atoms with Gasteiger partial charge in [0.05, 0.1) is 0 Å². The van der Waals surface area contributed by atoms with Crippen LogP contribution in [0.5, 0.6) is 0 Å². The molecule has 4 fully saturated rings. The third-order valence-corrected chi connectivity index (χ3v) is 7.49. The van der Waals surface area contributed by atoms with Crippen molar-refractivity contribution >= 4 is 29.3 Å². The number of nitrogens with one attached hydrogen (secondary N) is 1. The van der Waals surface area contributed by atoms with Crippen LogP contribution in [0, 0.1) is 29.1 Å². The quantitative estimate of drug-likeness (QED) is 0.512. The van der Waals surface area contributed by atoms with Crippen molar-refractivity contribution < 1.29 is 19.1 Å². The predicted octanol–water partition coefficient (Wildman–Crippen LogP) is 4.42. The Morgan fingerprint density at radius 3 is 2.07 bits per heavy atom. The number of carbonyl (C=O) groups is 3. The van der Waals surface area contributed by atoms with E-state index in [9.17, 15) is 14.4 Å². The van der Waals surface area contributed by atoms with Crippen LogP contribution in [0.2, 0.25) is 5.02 Å². The number of rotatable bonds is 7. The minimum atomic E-state index is -0.747. The van der Waals surface area contributed by atoms with Crippen molar-refractivity contribution in [1.82, 2.24) is 5.32 Å². The Hall–Kier alpha value is -1.88. The second-order valence-corrected chi connectivity index (χ2v) is 10.4. The van der Waals surface area contributed by atoms with E-state index < -0.39 is 12.0 Å². The molecular formula is C24H30ClNO4. The van der Waals surface area contributed by atoms with Gasteiger partial charge in [-0.2, -0.15) is 0 Å². The standard InChI is InChI=1S/C24H30ClNO4/c1-14(2)21(22(28)30-13-20(27)18-3-5-19(25)6-4-18)26-23(29)24-10-15-7-16(11-24)9-17(8-15)12-24/h3-6,14-17,21H,7-13H2,1-2H3,(H,26,29)/t15?,16?,17?,21-,24?/m1/s1. The van der Waals surface area contributed by atoms with Crippen molar-refractivity contribution in [2.45, 2.75) is 58.4 Å². The monoisotopic (exact) mass is 431 g/mol. The van der Waals surface area contributed by atoms with Gasteiger partial charge in [0.2, 0.25) is 5.91 Å². The summed E-state index contributed by atoms with van der Waals surface area (Å²) in [5.41, 5.74) is 0.118. The van der Waals surface area contributed by atoms with E-state index in [-0.39, 0.29) is 29.6 Å². The summed E-state index contributed by atoms with van der Waals surface area (Å²) in [6.45, 7) is 3.41. The molecule has 0 radical (unpaired) electrons. The molecule has 6 heteroatoms. The Labute approximate surface area is 182 Å². The van der Waals surface area contributed by atoms with Gasteiger partial charge < -0.3 is 10.1 Å². The summed E-state index contributed by atoms with van der Waals surface area (Å²) in [6.07, 6.45) is 6.61. The molecule has 4 aliphatic rings. The van der Waals surface area contributed by atoms with E-state index in [2.05, 4.69) is 5.32 Å². The first-order valence-corrected chi connectivity index (χ1v) is 11.4. The molecule has 5 rings (SSSR count).